The van der Waals surface area contributed by atoms with Crippen LogP contribution in [0.1, 0.15) is 36.5 Å². The first-order valence-electron chi connectivity index (χ1n) is 8.64. The van der Waals surface area contributed by atoms with Gasteiger partial charge in [-0.25, -0.2) is 8.42 Å². The third-order valence-electron chi connectivity index (χ3n) is 4.16. The molecule has 0 heterocycles. The molecular formula is C21H28ClNO2S. The third-order valence-corrected chi connectivity index (χ3v) is 5.87. The molecule has 0 bridgehead atoms. The lowest BCUT2D eigenvalue weighted by Gasteiger charge is -2.09. The number of sulfone groups is 1. The summed E-state index contributed by atoms with van der Waals surface area (Å²) < 4.78 is 25.2. The van der Waals surface area contributed by atoms with E-state index in [1.165, 1.54) is 5.56 Å². The molecule has 3 nitrogen and oxygen atoms in total. The van der Waals surface area contributed by atoms with E-state index in [9.17, 15) is 8.42 Å². The smallest absolute Gasteiger partial charge is 0.182 e. The Hall–Kier alpha value is -1.62. The number of hydrogen-bond donors (Lipinski definition) is 1. The maximum absolute atomic E-state index is 12.6. The van der Waals surface area contributed by atoms with Crippen molar-refractivity contribution >= 4 is 22.2 Å². The van der Waals surface area contributed by atoms with E-state index < -0.39 is 9.84 Å². The van der Waals surface area contributed by atoms with E-state index in [0.29, 0.717) is 10.8 Å². The normalized spacial score (nSPS) is 11.2. The molecule has 0 aliphatic carbocycles. The molecule has 0 aliphatic rings. The van der Waals surface area contributed by atoms with Crippen molar-refractivity contribution in [1.82, 2.24) is 5.32 Å². The van der Waals surface area contributed by atoms with E-state index in [1.807, 2.05) is 42.5 Å². The molecule has 0 aromatic heterocycles. The van der Waals surface area contributed by atoms with Crippen molar-refractivity contribution in [3.63, 3.8) is 0 Å². The van der Waals surface area contributed by atoms with Crippen molar-refractivity contribution < 1.29 is 8.42 Å². The minimum absolute atomic E-state index is 0. The van der Waals surface area contributed by atoms with Gasteiger partial charge in [-0.1, -0.05) is 56.3 Å². The highest BCUT2D eigenvalue weighted by Gasteiger charge is 2.15. The zero-order chi connectivity index (χ0) is 18.3. The molecule has 2 rings (SSSR count). The van der Waals surface area contributed by atoms with Crippen molar-refractivity contribution in [2.24, 2.45) is 0 Å². The van der Waals surface area contributed by atoms with Gasteiger partial charge in [0.15, 0.2) is 9.84 Å². The SMILES string of the molecule is C=CCNCCc1ccc(CS(=O)(=O)c2ccc(C(C)C)cc2)cc1.Cl. The second-order valence-corrected chi connectivity index (χ2v) is 8.53. The molecule has 0 aliphatic heterocycles. The summed E-state index contributed by atoms with van der Waals surface area (Å²) in [7, 11) is -3.32. The average molecular weight is 394 g/mol. The lowest BCUT2D eigenvalue weighted by Crippen LogP contribution is -2.16. The molecule has 2 aromatic rings. The summed E-state index contributed by atoms with van der Waals surface area (Å²) in [6.45, 7) is 9.54. The van der Waals surface area contributed by atoms with Crippen LogP contribution in [0.2, 0.25) is 0 Å². The van der Waals surface area contributed by atoms with Gasteiger partial charge in [0.1, 0.15) is 0 Å². The first kappa shape index (κ1) is 22.4. The zero-order valence-corrected chi connectivity index (χ0v) is 17.1. The second kappa shape index (κ2) is 10.5. The van der Waals surface area contributed by atoms with Crippen LogP contribution in [-0.2, 0) is 22.0 Å². The van der Waals surface area contributed by atoms with Crippen molar-refractivity contribution in [2.45, 2.75) is 36.8 Å². The molecule has 1 N–H and O–H groups in total. The van der Waals surface area contributed by atoms with Crippen LogP contribution < -0.4 is 5.32 Å². The van der Waals surface area contributed by atoms with Crippen LogP contribution in [0, 0.1) is 0 Å². The number of hydrogen-bond acceptors (Lipinski definition) is 3. The first-order chi connectivity index (χ1) is 11.9. The molecule has 0 unspecified atom stereocenters. The molecule has 142 valence electrons. The predicted molar refractivity (Wildman–Crippen MR) is 112 cm³/mol. The molecule has 0 fully saturated rings. The van der Waals surface area contributed by atoms with Gasteiger partial charge in [-0.05, 0) is 47.7 Å². The summed E-state index contributed by atoms with van der Waals surface area (Å²) in [4.78, 5) is 0.384. The summed E-state index contributed by atoms with van der Waals surface area (Å²) in [5.74, 6) is 0.425. The summed E-state index contributed by atoms with van der Waals surface area (Å²) in [5, 5.41) is 3.26. The Kier molecular flexibility index (Phi) is 9.06. The fourth-order valence-electron chi connectivity index (χ4n) is 2.60. The van der Waals surface area contributed by atoms with Crippen LogP contribution >= 0.6 is 12.4 Å². The quantitative estimate of drug-likeness (QED) is 0.503. The molecule has 26 heavy (non-hydrogen) atoms. The van der Waals surface area contributed by atoms with Gasteiger partial charge in [-0.2, -0.15) is 0 Å². The Morgan fingerprint density at radius 1 is 1.00 bits per heavy atom. The Bertz CT molecular complexity index is 782. The largest absolute Gasteiger partial charge is 0.313 e. The Balaban J connectivity index is 0.00000338. The molecule has 5 heteroatoms. The second-order valence-electron chi connectivity index (χ2n) is 6.54. The van der Waals surface area contributed by atoms with E-state index in [4.69, 9.17) is 0 Å². The molecular weight excluding hydrogens is 366 g/mol. The molecule has 0 saturated carbocycles. The minimum atomic E-state index is -3.32. The standard InChI is InChI=1S/C21H27NO2S.ClH/c1-4-14-22-15-13-18-5-7-19(8-6-18)16-25(23,24)21-11-9-20(10-12-21)17(2)3;/h4-12,17,22H,1,13-16H2,2-3H3;1H. The van der Waals surface area contributed by atoms with E-state index in [1.54, 1.807) is 12.1 Å². The van der Waals surface area contributed by atoms with Gasteiger partial charge in [-0.15, -0.1) is 19.0 Å². The third kappa shape index (κ3) is 6.60. The summed E-state index contributed by atoms with van der Waals surface area (Å²) in [6.07, 6.45) is 2.75. The molecule has 0 saturated heterocycles. The number of nitrogens with one attached hydrogen (secondary N) is 1. The number of rotatable bonds is 9. The highest BCUT2D eigenvalue weighted by atomic mass is 35.5. The van der Waals surface area contributed by atoms with Gasteiger partial charge < -0.3 is 5.32 Å². The van der Waals surface area contributed by atoms with Gasteiger partial charge in [0, 0.05) is 6.54 Å². The Morgan fingerprint density at radius 3 is 2.12 bits per heavy atom. The lowest BCUT2D eigenvalue weighted by molar-refractivity contribution is 0.595. The van der Waals surface area contributed by atoms with E-state index in [2.05, 4.69) is 25.7 Å². The fourth-order valence-corrected chi connectivity index (χ4v) is 3.95. The van der Waals surface area contributed by atoms with Gasteiger partial charge in [-0.3, -0.25) is 0 Å². The van der Waals surface area contributed by atoms with E-state index in [-0.39, 0.29) is 18.2 Å². The molecule has 2 aromatic carbocycles. The summed E-state index contributed by atoms with van der Waals surface area (Å²) in [6, 6.07) is 15.0. The topological polar surface area (TPSA) is 46.2 Å². The van der Waals surface area contributed by atoms with E-state index in [0.717, 1.165) is 30.6 Å². The summed E-state index contributed by atoms with van der Waals surface area (Å²) >= 11 is 0. The first-order valence-corrected chi connectivity index (χ1v) is 10.3. The van der Waals surface area contributed by atoms with Crippen LogP contribution in [0.4, 0.5) is 0 Å². The van der Waals surface area contributed by atoms with Crippen LogP contribution in [-0.4, -0.2) is 21.5 Å². The van der Waals surface area contributed by atoms with Crippen LogP contribution in [0.15, 0.2) is 66.1 Å². The van der Waals surface area contributed by atoms with Crippen LogP contribution in [0.25, 0.3) is 0 Å². The van der Waals surface area contributed by atoms with Gasteiger partial charge in [0.05, 0.1) is 10.6 Å². The Morgan fingerprint density at radius 2 is 1.58 bits per heavy atom. The van der Waals surface area contributed by atoms with Crippen molar-refractivity contribution in [2.75, 3.05) is 13.1 Å². The molecule has 0 spiro atoms. The average Bonchev–Trinajstić information content (AvgIpc) is 2.60. The van der Waals surface area contributed by atoms with Gasteiger partial charge >= 0.3 is 0 Å². The highest BCUT2D eigenvalue weighted by molar-refractivity contribution is 7.90. The maximum atomic E-state index is 12.6. The van der Waals surface area contributed by atoms with Crippen LogP contribution in [0.5, 0.6) is 0 Å². The zero-order valence-electron chi connectivity index (χ0n) is 15.4. The molecule has 0 amide bonds. The lowest BCUT2D eigenvalue weighted by atomic mass is 10.0. The van der Waals surface area contributed by atoms with Crippen molar-refractivity contribution in [1.29, 1.82) is 0 Å². The Labute approximate surface area is 163 Å². The number of benzene rings is 2. The van der Waals surface area contributed by atoms with E-state index >= 15 is 0 Å². The van der Waals surface area contributed by atoms with Crippen molar-refractivity contribution in [3.8, 4) is 0 Å². The fraction of sp³-hybridized carbons (Fsp3) is 0.333. The van der Waals surface area contributed by atoms with Gasteiger partial charge in [0.2, 0.25) is 0 Å². The number of halogens is 1. The van der Waals surface area contributed by atoms with Crippen LogP contribution in [0.3, 0.4) is 0 Å². The molecule has 0 radical (unpaired) electrons. The summed E-state index contributed by atoms with van der Waals surface area (Å²) in [5.41, 5.74) is 3.16. The maximum Gasteiger partial charge on any atom is 0.182 e. The monoisotopic (exact) mass is 393 g/mol. The minimum Gasteiger partial charge on any atom is -0.313 e. The van der Waals surface area contributed by atoms with Gasteiger partial charge in [0.25, 0.3) is 0 Å². The van der Waals surface area contributed by atoms with Crippen molar-refractivity contribution in [3.05, 3.63) is 77.9 Å². The predicted octanol–water partition coefficient (Wildman–Crippen LogP) is 4.52. The highest BCUT2D eigenvalue weighted by Crippen LogP contribution is 2.20. The molecule has 0 atom stereocenters.